The Hall–Kier alpha value is -2.33. The maximum absolute atomic E-state index is 13.6. The van der Waals surface area contributed by atoms with E-state index >= 15 is 0 Å². The molecule has 0 radical (unpaired) electrons. The molecule has 10 heteroatoms. The number of hydrogen-bond acceptors (Lipinski definition) is 7. The minimum atomic E-state index is -3.84. The predicted octanol–water partition coefficient (Wildman–Crippen LogP) is 6.45. The summed E-state index contributed by atoms with van der Waals surface area (Å²) in [5.74, 6) is 1.93. The highest BCUT2D eigenvalue weighted by Gasteiger charge is 2.60. The van der Waals surface area contributed by atoms with Gasteiger partial charge in [-0.1, -0.05) is 24.1 Å². The van der Waals surface area contributed by atoms with Crippen molar-refractivity contribution in [3.8, 4) is 5.75 Å². The highest BCUT2D eigenvalue weighted by atomic mass is 35.5. The van der Waals surface area contributed by atoms with Crippen molar-refractivity contribution in [2.24, 2.45) is 23.7 Å². The van der Waals surface area contributed by atoms with Crippen LogP contribution in [0, 0.1) is 23.7 Å². The summed E-state index contributed by atoms with van der Waals surface area (Å²) in [6, 6.07) is 11.9. The first-order valence-corrected chi connectivity index (χ1v) is 19.7. The Morgan fingerprint density at radius 1 is 0.979 bits per heavy atom. The van der Waals surface area contributed by atoms with E-state index in [2.05, 4.69) is 27.5 Å². The molecule has 1 saturated heterocycles. The summed E-state index contributed by atoms with van der Waals surface area (Å²) < 4.78 is 41.0. The number of carbonyl (C=O) groups excluding carboxylic acids is 1. The van der Waals surface area contributed by atoms with Gasteiger partial charge in [-0.2, -0.15) is 0 Å². The molecule has 7 rings (SSSR count). The molecule has 3 aliphatic heterocycles. The van der Waals surface area contributed by atoms with E-state index in [1.54, 1.807) is 6.07 Å². The van der Waals surface area contributed by atoms with Gasteiger partial charge in [0.1, 0.15) is 12.4 Å². The number of aryl methyl sites for hydroxylation is 1. The fourth-order valence-electron chi connectivity index (χ4n) is 8.88. The monoisotopic (exact) mass is 683 g/mol. The molecule has 2 aromatic carbocycles. The lowest BCUT2D eigenvalue weighted by Crippen LogP contribution is -2.51. The Balaban J connectivity index is 1.24. The Morgan fingerprint density at radius 3 is 2.60 bits per heavy atom. The molecule has 256 valence electrons. The highest BCUT2D eigenvalue weighted by Crippen LogP contribution is 2.53. The van der Waals surface area contributed by atoms with E-state index in [1.807, 2.05) is 31.2 Å². The molecule has 2 aliphatic carbocycles. The highest BCUT2D eigenvalue weighted by molar-refractivity contribution is 7.91. The van der Waals surface area contributed by atoms with E-state index in [4.69, 9.17) is 21.1 Å². The quantitative estimate of drug-likeness (QED) is 0.390. The van der Waals surface area contributed by atoms with Crippen LogP contribution in [0.5, 0.6) is 5.75 Å². The largest absolute Gasteiger partial charge is 0.487 e. The van der Waals surface area contributed by atoms with Gasteiger partial charge in [-0.25, -0.2) is 13.1 Å². The van der Waals surface area contributed by atoms with Gasteiger partial charge in [0.25, 0.3) is 5.91 Å². The van der Waals surface area contributed by atoms with Crippen LogP contribution in [0.2, 0.25) is 5.02 Å². The summed E-state index contributed by atoms with van der Waals surface area (Å²) >= 11 is 6.38. The molecule has 3 fully saturated rings. The molecule has 2 saturated carbocycles. The number of hydrogen-bond donors (Lipinski definition) is 1. The van der Waals surface area contributed by atoms with E-state index in [0.29, 0.717) is 42.4 Å². The maximum Gasteiger partial charge on any atom is 0.264 e. The summed E-state index contributed by atoms with van der Waals surface area (Å²) in [7, 11) is -3.84. The first-order chi connectivity index (χ1) is 22.6. The molecule has 8 nitrogen and oxygen atoms in total. The van der Waals surface area contributed by atoms with Crippen molar-refractivity contribution < 1.29 is 22.7 Å². The number of morpholine rings is 1. The topological polar surface area (TPSA) is 88.2 Å². The number of fused-ring (bicyclic) bond motifs is 4. The number of anilines is 1. The van der Waals surface area contributed by atoms with Crippen molar-refractivity contribution in [3.05, 3.63) is 58.1 Å². The van der Waals surface area contributed by atoms with Crippen molar-refractivity contribution in [2.75, 3.05) is 44.3 Å². The second kappa shape index (κ2) is 13.5. The number of nitrogens with zero attached hydrogens (tertiary/aromatic N) is 2. The molecule has 2 bridgehead atoms. The fraction of sp³-hybridized carbons (Fsp3) is 0.649. The third-order valence-corrected chi connectivity index (χ3v) is 14.7. The Morgan fingerprint density at radius 2 is 1.81 bits per heavy atom. The lowest BCUT2D eigenvalue weighted by molar-refractivity contribution is -0.0218. The van der Waals surface area contributed by atoms with E-state index in [9.17, 15) is 13.2 Å². The van der Waals surface area contributed by atoms with Gasteiger partial charge < -0.3 is 14.4 Å². The van der Waals surface area contributed by atoms with Crippen molar-refractivity contribution in [2.45, 2.75) is 89.0 Å². The number of halogens is 1. The summed E-state index contributed by atoms with van der Waals surface area (Å²) in [6.07, 6.45) is 8.96. The normalized spacial score (nSPS) is 32.1. The summed E-state index contributed by atoms with van der Waals surface area (Å²) in [4.78, 5) is 18.6. The number of sulfonamides is 1. The number of ether oxygens (including phenoxy) is 2. The van der Waals surface area contributed by atoms with Crippen LogP contribution in [0.15, 0.2) is 36.4 Å². The Bertz CT molecular complexity index is 1580. The van der Waals surface area contributed by atoms with Gasteiger partial charge in [0.15, 0.2) is 0 Å². The number of nitrogens with one attached hydrogen (secondary N) is 1. The zero-order valence-electron chi connectivity index (χ0n) is 27.9. The van der Waals surface area contributed by atoms with Gasteiger partial charge in [-0.15, -0.1) is 0 Å². The standard InChI is InChI=1S/C37H50ClN3O5S/c1-25(40-16-18-45-19-17-40)32-8-5-7-30-22-37(30,2)47(43,44)39-36(42)27-11-14-35-34(21-27)41(23-28-10-13-33(28)32)15-4-3-6-26-20-31(38)12-9-29(26)24-46-35/h9,11-12,14,20-21,25,28,30,32-33H,3-8,10,13,15-19,22-24H2,1-2H3,(H,39,42)/t25-,28-,30+,32-,33+,37+/m0/s1. The van der Waals surface area contributed by atoms with Crippen LogP contribution < -0.4 is 14.4 Å². The molecule has 0 unspecified atom stereocenters. The zero-order chi connectivity index (χ0) is 32.8. The molecule has 2 aromatic rings. The smallest absolute Gasteiger partial charge is 0.264 e. The molecule has 1 N–H and O–H groups in total. The average Bonchev–Trinajstić information content (AvgIpc) is 3.74. The van der Waals surface area contributed by atoms with Gasteiger partial charge in [-0.3, -0.25) is 9.69 Å². The van der Waals surface area contributed by atoms with Gasteiger partial charge in [0, 0.05) is 42.8 Å². The average molecular weight is 684 g/mol. The number of carbonyl (C=O) groups is 1. The first kappa shape index (κ1) is 33.2. The minimum Gasteiger partial charge on any atom is -0.487 e. The second-order valence-electron chi connectivity index (χ2n) is 14.9. The van der Waals surface area contributed by atoms with Crippen molar-refractivity contribution in [1.29, 1.82) is 0 Å². The van der Waals surface area contributed by atoms with Crippen molar-refractivity contribution >= 4 is 33.2 Å². The predicted molar refractivity (Wildman–Crippen MR) is 186 cm³/mol. The van der Waals surface area contributed by atoms with Crippen LogP contribution in [0.25, 0.3) is 0 Å². The number of rotatable bonds is 2. The van der Waals surface area contributed by atoms with Gasteiger partial charge in [0.05, 0.1) is 23.6 Å². The summed E-state index contributed by atoms with van der Waals surface area (Å²) in [5, 5.41) is 0.735. The molecule has 1 amide bonds. The summed E-state index contributed by atoms with van der Waals surface area (Å²) in [5.41, 5.74) is 3.55. The van der Waals surface area contributed by atoms with Crippen LogP contribution in [-0.4, -0.2) is 69.4 Å². The summed E-state index contributed by atoms with van der Waals surface area (Å²) in [6.45, 7) is 9.88. The molecule has 47 heavy (non-hydrogen) atoms. The third kappa shape index (κ3) is 6.79. The second-order valence-corrected chi connectivity index (χ2v) is 17.5. The van der Waals surface area contributed by atoms with Crippen LogP contribution in [-0.2, 0) is 27.8 Å². The molecular weight excluding hydrogens is 634 g/mol. The number of amides is 1. The van der Waals surface area contributed by atoms with Crippen molar-refractivity contribution in [1.82, 2.24) is 9.62 Å². The number of benzene rings is 2. The fourth-order valence-corrected chi connectivity index (χ4v) is 10.6. The molecular formula is C37H50ClN3O5S. The van der Waals surface area contributed by atoms with E-state index in [0.717, 1.165) is 99.9 Å². The van der Waals surface area contributed by atoms with Gasteiger partial charge in [-0.05, 0) is 130 Å². The lowest BCUT2D eigenvalue weighted by atomic mass is 9.63. The molecule has 5 aliphatic rings. The zero-order valence-corrected chi connectivity index (χ0v) is 29.5. The van der Waals surface area contributed by atoms with E-state index in [1.165, 1.54) is 18.4 Å². The Labute approximate surface area is 285 Å². The molecule has 0 spiro atoms. The van der Waals surface area contributed by atoms with Crippen LogP contribution in [0.1, 0.15) is 86.7 Å². The molecule has 0 aromatic heterocycles. The minimum absolute atomic E-state index is 0.0753. The third-order valence-electron chi connectivity index (χ3n) is 12.2. The maximum atomic E-state index is 13.6. The molecule has 6 atom stereocenters. The first-order valence-electron chi connectivity index (χ1n) is 17.8. The lowest BCUT2D eigenvalue weighted by Gasteiger charge is -2.49. The van der Waals surface area contributed by atoms with Crippen LogP contribution >= 0.6 is 11.6 Å². The van der Waals surface area contributed by atoms with Crippen molar-refractivity contribution in [3.63, 3.8) is 0 Å². The Kier molecular flexibility index (Phi) is 9.55. The van der Waals surface area contributed by atoms with Gasteiger partial charge >= 0.3 is 0 Å². The SMILES string of the molecule is C[C@@H]([C@@H]1CCC[C@@H]2C[C@@]2(C)S(=O)(=O)NC(=O)c2ccc3c(c2)N(CCCCc2cc(Cl)ccc2CO3)C[C@@H]2CC[C@H]21)N1CCOCC1. The van der Waals surface area contributed by atoms with Crippen LogP contribution in [0.3, 0.4) is 0 Å². The van der Waals surface area contributed by atoms with Crippen LogP contribution in [0.4, 0.5) is 5.69 Å². The van der Waals surface area contributed by atoms with Gasteiger partial charge in [0.2, 0.25) is 10.0 Å². The van der Waals surface area contributed by atoms with E-state index < -0.39 is 20.7 Å². The van der Waals surface area contributed by atoms with E-state index in [-0.39, 0.29) is 5.92 Å². The molecule has 3 heterocycles.